The van der Waals surface area contributed by atoms with Gasteiger partial charge < -0.3 is 9.15 Å². The van der Waals surface area contributed by atoms with Crippen LogP contribution in [0.5, 0.6) is 0 Å². The third kappa shape index (κ3) is 2.62. The Kier molecular flexibility index (Phi) is 3.92. The standard InChI is InChI=1S/C26H20O3/c1-17(2)25(27)29-26(15-18-13-14-28-16-18)22-11-4-3-9-20(22)21-10-5-7-19-8-6-12-23(26)24(19)21/h3-14,16H,1,15H2,2H3. The molecule has 0 fully saturated rings. The van der Waals surface area contributed by atoms with Crippen molar-refractivity contribution in [3.8, 4) is 11.1 Å². The van der Waals surface area contributed by atoms with Crippen molar-refractivity contribution < 1.29 is 13.9 Å². The molecule has 0 bridgehead atoms. The lowest BCUT2D eigenvalue weighted by Crippen LogP contribution is -2.38. The minimum absolute atomic E-state index is 0.375. The number of furan rings is 1. The van der Waals surface area contributed by atoms with Gasteiger partial charge in [0.05, 0.1) is 12.5 Å². The van der Waals surface area contributed by atoms with Crippen LogP contribution in [-0.4, -0.2) is 5.97 Å². The molecule has 0 aliphatic heterocycles. The maximum Gasteiger partial charge on any atom is 0.334 e. The molecule has 0 spiro atoms. The van der Waals surface area contributed by atoms with E-state index in [2.05, 4.69) is 49.0 Å². The Labute approximate surface area is 169 Å². The van der Waals surface area contributed by atoms with E-state index in [-0.39, 0.29) is 0 Å². The van der Waals surface area contributed by atoms with Crippen LogP contribution in [0.3, 0.4) is 0 Å². The van der Waals surface area contributed by atoms with Gasteiger partial charge in [-0.2, -0.15) is 0 Å². The largest absolute Gasteiger partial charge is 0.472 e. The predicted octanol–water partition coefficient (Wildman–Crippen LogP) is 6.02. The average Bonchev–Trinajstić information content (AvgIpc) is 3.24. The van der Waals surface area contributed by atoms with Crippen LogP contribution < -0.4 is 0 Å². The Hall–Kier alpha value is -3.59. The second-order valence-electron chi connectivity index (χ2n) is 7.56. The van der Waals surface area contributed by atoms with Gasteiger partial charge in [-0.05, 0) is 40.5 Å². The first-order valence-corrected chi connectivity index (χ1v) is 9.62. The lowest BCUT2D eigenvalue weighted by atomic mass is 9.71. The van der Waals surface area contributed by atoms with Gasteiger partial charge in [0.15, 0.2) is 5.60 Å². The maximum absolute atomic E-state index is 12.8. The van der Waals surface area contributed by atoms with E-state index in [0.29, 0.717) is 12.0 Å². The average molecular weight is 380 g/mol. The SMILES string of the molecule is C=C(C)C(=O)OC1(Cc2ccoc2)c2ccccc2-c2cccc3cccc1c23. The second kappa shape index (κ2) is 6.49. The highest BCUT2D eigenvalue weighted by molar-refractivity contribution is 6.03. The van der Waals surface area contributed by atoms with E-state index < -0.39 is 11.6 Å². The molecule has 1 aromatic heterocycles. The van der Waals surface area contributed by atoms with Crippen molar-refractivity contribution in [1.82, 2.24) is 0 Å². The summed E-state index contributed by atoms with van der Waals surface area (Å²) in [7, 11) is 0. The first-order valence-electron chi connectivity index (χ1n) is 9.62. The minimum Gasteiger partial charge on any atom is -0.472 e. The summed E-state index contributed by atoms with van der Waals surface area (Å²) in [5.74, 6) is -0.403. The molecule has 0 radical (unpaired) electrons. The van der Waals surface area contributed by atoms with Crippen molar-refractivity contribution in [3.63, 3.8) is 0 Å². The Bertz CT molecular complexity index is 1240. The normalized spacial score (nSPS) is 17.0. The van der Waals surface area contributed by atoms with Crippen LogP contribution in [0.2, 0.25) is 0 Å². The maximum atomic E-state index is 12.8. The molecule has 29 heavy (non-hydrogen) atoms. The van der Waals surface area contributed by atoms with E-state index >= 15 is 0 Å². The Morgan fingerprint density at radius 2 is 1.69 bits per heavy atom. The summed E-state index contributed by atoms with van der Waals surface area (Å²) >= 11 is 0. The smallest absolute Gasteiger partial charge is 0.334 e. The fourth-order valence-corrected chi connectivity index (χ4v) is 4.38. The van der Waals surface area contributed by atoms with Crippen LogP contribution in [0.1, 0.15) is 23.6 Å². The fourth-order valence-electron chi connectivity index (χ4n) is 4.38. The number of rotatable bonds is 4. The van der Waals surface area contributed by atoms with Gasteiger partial charge in [-0.3, -0.25) is 0 Å². The van der Waals surface area contributed by atoms with E-state index in [1.807, 2.05) is 24.3 Å². The van der Waals surface area contributed by atoms with Crippen molar-refractivity contribution in [3.05, 3.63) is 108 Å². The molecule has 3 nitrogen and oxygen atoms in total. The Morgan fingerprint density at radius 3 is 2.45 bits per heavy atom. The number of carbonyl (C=O) groups excluding carboxylic acids is 1. The number of hydrogen-bond acceptors (Lipinski definition) is 3. The highest BCUT2D eigenvalue weighted by Gasteiger charge is 2.45. The van der Waals surface area contributed by atoms with Crippen LogP contribution in [0.25, 0.3) is 21.9 Å². The van der Waals surface area contributed by atoms with Gasteiger partial charge in [-0.1, -0.05) is 67.2 Å². The fraction of sp³-hybridized carbons (Fsp3) is 0.115. The van der Waals surface area contributed by atoms with Crippen LogP contribution >= 0.6 is 0 Å². The van der Waals surface area contributed by atoms with Crippen molar-refractivity contribution in [2.24, 2.45) is 0 Å². The van der Waals surface area contributed by atoms with Gasteiger partial charge in [-0.15, -0.1) is 0 Å². The molecule has 1 unspecified atom stereocenters. The lowest BCUT2D eigenvalue weighted by molar-refractivity contribution is -0.151. The molecule has 1 aliphatic carbocycles. The molecular formula is C26H20O3. The highest BCUT2D eigenvalue weighted by Crippen LogP contribution is 2.51. The first-order chi connectivity index (χ1) is 14.1. The van der Waals surface area contributed by atoms with Crippen molar-refractivity contribution >= 4 is 16.7 Å². The molecule has 1 heterocycles. The third-order valence-corrected chi connectivity index (χ3v) is 5.64. The quantitative estimate of drug-likeness (QED) is 0.321. The van der Waals surface area contributed by atoms with Crippen LogP contribution in [0.15, 0.2) is 95.8 Å². The van der Waals surface area contributed by atoms with Crippen molar-refractivity contribution in [2.45, 2.75) is 18.9 Å². The van der Waals surface area contributed by atoms with Crippen molar-refractivity contribution in [1.29, 1.82) is 0 Å². The summed E-state index contributed by atoms with van der Waals surface area (Å²) in [4.78, 5) is 12.8. The predicted molar refractivity (Wildman–Crippen MR) is 113 cm³/mol. The van der Waals surface area contributed by atoms with E-state index in [1.54, 1.807) is 19.5 Å². The number of fused-ring (bicyclic) bond motifs is 2. The van der Waals surface area contributed by atoms with E-state index in [4.69, 9.17) is 9.15 Å². The van der Waals surface area contributed by atoms with Gasteiger partial charge in [0.1, 0.15) is 0 Å². The van der Waals surface area contributed by atoms with Gasteiger partial charge in [-0.25, -0.2) is 4.79 Å². The Balaban J connectivity index is 1.89. The molecule has 0 saturated heterocycles. The van der Waals surface area contributed by atoms with Crippen LogP contribution in [0.4, 0.5) is 0 Å². The second-order valence-corrected chi connectivity index (χ2v) is 7.56. The topological polar surface area (TPSA) is 39.4 Å². The molecule has 0 amide bonds. The zero-order chi connectivity index (χ0) is 20.0. The molecule has 4 aromatic rings. The summed E-state index contributed by atoms with van der Waals surface area (Å²) < 4.78 is 11.6. The molecule has 1 atom stereocenters. The molecule has 1 aliphatic rings. The number of esters is 1. The number of hydrogen-bond donors (Lipinski definition) is 0. The molecule has 3 heteroatoms. The molecule has 142 valence electrons. The monoisotopic (exact) mass is 380 g/mol. The lowest BCUT2D eigenvalue weighted by Gasteiger charge is -2.40. The summed E-state index contributed by atoms with van der Waals surface area (Å²) in [5, 5.41) is 2.24. The number of ether oxygens (including phenoxy) is 1. The summed E-state index contributed by atoms with van der Waals surface area (Å²) in [6.45, 7) is 5.48. The minimum atomic E-state index is -0.968. The van der Waals surface area contributed by atoms with E-state index in [9.17, 15) is 4.79 Å². The molecule has 5 rings (SSSR count). The van der Waals surface area contributed by atoms with E-state index in [0.717, 1.165) is 38.6 Å². The van der Waals surface area contributed by atoms with Gasteiger partial charge >= 0.3 is 5.97 Å². The number of benzene rings is 3. The Morgan fingerprint density at radius 1 is 0.966 bits per heavy atom. The first kappa shape index (κ1) is 17.5. The molecule has 3 aromatic carbocycles. The van der Waals surface area contributed by atoms with Crippen molar-refractivity contribution in [2.75, 3.05) is 0 Å². The summed E-state index contributed by atoms with van der Waals surface area (Å²) in [6, 6.07) is 22.6. The zero-order valence-corrected chi connectivity index (χ0v) is 16.1. The van der Waals surface area contributed by atoms with Gasteiger partial charge in [0.2, 0.25) is 0 Å². The van der Waals surface area contributed by atoms with Gasteiger partial charge in [0.25, 0.3) is 0 Å². The highest BCUT2D eigenvalue weighted by atomic mass is 16.6. The third-order valence-electron chi connectivity index (χ3n) is 5.64. The molecule has 0 saturated carbocycles. The van der Waals surface area contributed by atoms with Crippen LogP contribution in [0, 0.1) is 0 Å². The van der Waals surface area contributed by atoms with Crippen LogP contribution in [-0.2, 0) is 21.6 Å². The molecule has 0 N–H and O–H groups in total. The summed E-state index contributed by atoms with van der Waals surface area (Å²) in [5.41, 5.74) is 4.57. The summed E-state index contributed by atoms with van der Waals surface area (Å²) in [6.07, 6.45) is 3.83. The number of carbonyl (C=O) groups is 1. The van der Waals surface area contributed by atoms with Gasteiger partial charge in [0, 0.05) is 23.1 Å². The van der Waals surface area contributed by atoms with E-state index in [1.165, 1.54) is 0 Å². The molecular weight excluding hydrogens is 360 g/mol. The zero-order valence-electron chi connectivity index (χ0n) is 16.1.